The van der Waals surface area contributed by atoms with E-state index in [9.17, 15) is 5.11 Å². The van der Waals surface area contributed by atoms with Crippen molar-refractivity contribution in [2.24, 2.45) is 0 Å². The number of aliphatic hydroxyl groups is 1. The van der Waals surface area contributed by atoms with E-state index in [1.54, 1.807) is 6.07 Å². The van der Waals surface area contributed by atoms with Crippen LogP contribution in [0.1, 0.15) is 18.4 Å². The molecular weight excluding hydrogens is 302 g/mol. The predicted molar refractivity (Wildman–Crippen MR) is 99.6 cm³/mol. The third-order valence-corrected chi connectivity index (χ3v) is 4.38. The van der Waals surface area contributed by atoms with Crippen LogP contribution in [0.15, 0.2) is 36.4 Å². The monoisotopic (exact) mass is 327 g/mol. The standard InChI is InChI=1S/C19H25N3O2/c1-14-12-18(17(13-19(14)24)20-8-11-23)21-15-4-6-16(7-5-15)22-9-2-3-10-22/h4-7,12-13,20-21,23-24H,2-3,8-11H2,1H3. The van der Waals surface area contributed by atoms with E-state index < -0.39 is 0 Å². The summed E-state index contributed by atoms with van der Waals surface area (Å²) >= 11 is 0. The maximum absolute atomic E-state index is 9.91. The lowest BCUT2D eigenvalue weighted by Crippen LogP contribution is -2.17. The van der Waals surface area contributed by atoms with Crippen molar-refractivity contribution in [1.82, 2.24) is 0 Å². The van der Waals surface area contributed by atoms with Gasteiger partial charge in [0, 0.05) is 37.1 Å². The van der Waals surface area contributed by atoms with E-state index in [0.29, 0.717) is 6.54 Å². The first kappa shape index (κ1) is 16.5. The molecule has 2 aromatic carbocycles. The van der Waals surface area contributed by atoms with Gasteiger partial charge in [-0.1, -0.05) is 0 Å². The molecule has 4 N–H and O–H groups in total. The van der Waals surface area contributed by atoms with Crippen molar-refractivity contribution in [2.75, 3.05) is 41.8 Å². The first-order valence-electron chi connectivity index (χ1n) is 8.48. The van der Waals surface area contributed by atoms with Crippen LogP contribution in [-0.2, 0) is 0 Å². The molecule has 0 amide bonds. The molecular formula is C19H25N3O2. The second-order valence-electron chi connectivity index (χ2n) is 6.20. The molecule has 0 unspecified atom stereocenters. The fraction of sp³-hybridized carbons (Fsp3) is 0.368. The van der Waals surface area contributed by atoms with Gasteiger partial charge in [-0.15, -0.1) is 0 Å². The third kappa shape index (κ3) is 3.74. The van der Waals surface area contributed by atoms with Crippen molar-refractivity contribution in [3.05, 3.63) is 42.0 Å². The van der Waals surface area contributed by atoms with Crippen molar-refractivity contribution >= 4 is 22.7 Å². The Morgan fingerprint density at radius 3 is 2.42 bits per heavy atom. The second kappa shape index (κ2) is 7.45. The Labute approximate surface area is 142 Å². The smallest absolute Gasteiger partial charge is 0.120 e. The molecule has 1 aliphatic rings. The number of aliphatic hydroxyl groups excluding tert-OH is 1. The molecule has 5 heteroatoms. The van der Waals surface area contributed by atoms with Crippen LogP contribution >= 0.6 is 0 Å². The number of phenolic OH excluding ortho intramolecular Hbond substituents is 1. The summed E-state index contributed by atoms with van der Waals surface area (Å²) in [6.07, 6.45) is 2.54. The van der Waals surface area contributed by atoms with Crippen LogP contribution < -0.4 is 15.5 Å². The lowest BCUT2D eigenvalue weighted by molar-refractivity contribution is 0.311. The molecule has 0 bridgehead atoms. The Bertz CT molecular complexity index is 680. The van der Waals surface area contributed by atoms with Gasteiger partial charge in [-0.25, -0.2) is 0 Å². The number of nitrogens with zero attached hydrogens (tertiary/aromatic N) is 1. The summed E-state index contributed by atoms with van der Waals surface area (Å²) in [5.74, 6) is 0.241. The van der Waals surface area contributed by atoms with Crippen LogP contribution in [0.25, 0.3) is 0 Å². The summed E-state index contributed by atoms with van der Waals surface area (Å²) in [4.78, 5) is 2.41. The lowest BCUT2D eigenvalue weighted by atomic mass is 10.1. The number of nitrogens with one attached hydrogen (secondary N) is 2. The third-order valence-electron chi connectivity index (χ3n) is 4.38. The first-order valence-corrected chi connectivity index (χ1v) is 8.48. The zero-order valence-corrected chi connectivity index (χ0v) is 14.0. The van der Waals surface area contributed by atoms with Crippen molar-refractivity contribution < 1.29 is 10.2 Å². The van der Waals surface area contributed by atoms with E-state index in [4.69, 9.17) is 5.11 Å². The molecule has 0 radical (unpaired) electrons. The average Bonchev–Trinajstić information content (AvgIpc) is 3.12. The number of hydrogen-bond acceptors (Lipinski definition) is 5. The molecule has 1 heterocycles. The van der Waals surface area contributed by atoms with Gasteiger partial charge in [-0.05, 0) is 55.7 Å². The van der Waals surface area contributed by atoms with Gasteiger partial charge >= 0.3 is 0 Å². The number of aromatic hydroxyl groups is 1. The average molecular weight is 327 g/mol. The summed E-state index contributed by atoms with van der Waals surface area (Å²) in [6.45, 7) is 4.62. The van der Waals surface area contributed by atoms with Crippen molar-refractivity contribution in [2.45, 2.75) is 19.8 Å². The van der Waals surface area contributed by atoms with Crippen LogP contribution in [0.2, 0.25) is 0 Å². The van der Waals surface area contributed by atoms with Gasteiger partial charge in [0.05, 0.1) is 18.0 Å². The lowest BCUT2D eigenvalue weighted by Gasteiger charge is -2.19. The zero-order chi connectivity index (χ0) is 16.9. The highest BCUT2D eigenvalue weighted by Crippen LogP contribution is 2.32. The molecule has 5 nitrogen and oxygen atoms in total. The maximum atomic E-state index is 9.91. The van der Waals surface area contributed by atoms with Crippen molar-refractivity contribution in [3.8, 4) is 5.75 Å². The maximum Gasteiger partial charge on any atom is 0.120 e. The van der Waals surface area contributed by atoms with Gasteiger partial charge in [0.25, 0.3) is 0 Å². The molecule has 1 saturated heterocycles. The Morgan fingerprint density at radius 2 is 1.75 bits per heavy atom. The van der Waals surface area contributed by atoms with E-state index in [-0.39, 0.29) is 12.4 Å². The fourth-order valence-electron chi connectivity index (χ4n) is 3.02. The SMILES string of the molecule is Cc1cc(Nc2ccc(N3CCCC3)cc2)c(NCCO)cc1O. The summed E-state index contributed by atoms with van der Waals surface area (Å²) in [5.41, 5.74) is 4.72. The molecule has 0 aromatic heterocycles. The van der Waals surface area contributed by atoms with Gasteiger partial charge < -0.3 is 25.7 Å². The van der Waals surface area contributed by atoms with Gasteiger partial charge in [-0.2, -0.15) is 0 Å². The molecule has 0 spiro atoms. The van der Waals surface area contributed by atoms with Gasteiger partial charge in [0.15, 0.2) is 0 Å². The quantitative estimate of drug-likeness (QED) is 0.612. The molecule has 0 atom stereocenters. The first-order chi connectivity index (χ1) is 11.7. The summed E-state index contributed by atoms with van der Waals surface area (Å²) in [6, 6.07) is 12.0. The molecule has 0 saturated carbocycles. The van der Waals surface area contributed by atoms with Gasteiger partial charge in [0.1, 0.15) is 5.75 Å². The Morgan fingerprint density at radius 1 is 1.04 bits per heavy atom. The van der Waals surface area contributed by atoms with E-state index in [1.807, 2.05) is 13.0 Å². The van der Waals surface area contributed by atoms with Crippen molar-refractivity contribution in [3.63, 3.8) is 0 Å². The van der Waals surface area contributed by atoms with E-state index >= 15 is 0 Å². The van der Waals surface area contributed by atoms with E-state index in [2.05, 4.69) is 39.8 Å². The van der Waals surface area contributed by atoms with Gasteiger partial charge in [-0.3, -0.25) is 0 Å². The highest BCUT2D eigenvalue weighted by Gasteiger charge is 2.12. The number of anilines is 4. The Hall–Kier alpha value is -2.40. The number of benzene rings is 2. The normalized spacial score (nSPS) is 14.0. The summed E-state index contributed by atoms with van der Waals surface area (Å²) < 4.78 is 0. The summed E-state index contributed by atoms with van der Waals surface area (Å²) in [5, 5.41) is 25.4. The van der Waals surface area contributed by atoms with Crippen LogP contribution in [-0.4, -0.2) is 36.5 Å². The molecule has 1 fully saturated rings. The number of rotatable bonds is 6. The summed E-state index contributed by atoms with van der Waals surface area (Å²) in [7, 11) is 0. The minimum absolute atomic E-state index is 0.0403. The highest BCUT2D eigenvalue weighted by atomic mass is 16.3. The zero-order valence-electron chi connectivity index (χ0n) is 14.0. The molecule has 2 aromatic rings. The number of hydrogen-bond donors (Lipinski definition) is 4. The Kier molecular flexibility index (Phi) is 5.11. The molecule has 128 valence electrons. The van der Waals surface area contributed by atoms with Gasteiger partial charge in [0.2, 0.25) is 0 Å². The number of phenols is 1. The second-order valence-corrected chi connectivity index (χ2v) is 6.20. The fourth-order valence-corrected chi connectivity index (χ4v) is 3.02. The van der Waals surface area contributed by atoms with Crippen LogP contribution in [0.5, 0.6) is 5.75 Å². The van der Waals surface area contributed by atoms with Crippen LogP contribution in [0.3, 0.4) is 0 Å². The molecule has 3 rings (SSSR count). The molecule has 0 aliphatic carbocycles. The predicted octanol–water partition coefficient (Wildman–Crippen LogP) is 3.45. The van der Waals surface area contributed by atoms with Crippen molar-refractivity contribution in [1.29, 1.82) is 0 Å². The number of aryl methyl sites for hydroxylation is 1. The Balaban J connectivity index is 1.78. The molecule has 1 aliphatic heterocycles. The topological polar surface area (TPSA) is 67.8 Å². The minimum Gasteiger partial charge on any atom is -0.508 e. The minimum atomic E-state index is 0.0403. The largest absolute Gasteiger partial charge is 0.508 e. The molecule has 24 heavy (non-hydrogen) atoms. The van der Waals surface area contributed by atoms with Crippen LogP contribution in [0, 0.1) is 6.92 Å². The highest BCUT2D eigenvalue weighted by molar-refractivity contribution is 5.77. The van der Waals surface area contributed by atoms with Crippen LogP contribution in [0.4, 0.5) is 22.7 Å². The van der Waals surface area contributed by atoms with E-state index in [0.717, 1.165) is 35.7 Å². The van der Waals surface area contributed by atoms with E-state index in [1.165, 1.54) is 18.5 Å².